The minimum Gasteiger partial charge on any atom is -0.497 e. The van der Waals surface area contributed by atoms with E-state index >= 15 is 0 Å². The number of aromatic nitrogens is 3. The van der Waals surface area contributed by atoms with E-state index in [0.29, 0.717) is 11.7 Å². The van der Waals surface area contributed by atoms with Crippen molar-refractivity contribution < 1.29 is 9.26 Å². The summed E-state index contributed by atoms with van der Waals surface area (Å²) in [5, 5.41) is 7.43. The van der Waals surface area contributed by atoms with Gasteiger partial charge in [0.25, 0.3) is 0 Å². The second kappa shape index (κ2) is 6.89. The SMILES string of the molecule is COc1cccc(-c2noc([C@@H](C)NCc3scnc3C)n2)c1. The fourth-order valence-corrected chi connectivity index (χ4v) is 2.85. The molecule has 0 fully saturated rings. The van der Waals surface area contributed by atoms with Gasteiger partial charge < -0.3 is 14.6 Å². The number of hydrogen-bond acceptors (Lipinski definition) is 7. The smallest absolute Gasteiger partial charge is 0.243 e. The molecule has 0 saturated carbocycles. The summed E-state index contributed by atoms with van der Waals surface area (Å²) in [5.74, 6) is 1.88. The molecule has 0 saturated heterocycles. The van der Waals surface area contributed by atoms with E-state index in [-0.39, 0.29) is 6.04 Å². The van der Waals surface area contributed by atoms with Gasteiger partial charge in [0.1, 0.15) is 5.75 Å². The van der Waals surface area contributed by atoms with E-state index < -0.39 is 0 Å². The van der Waals surface area contributed by atoms with Crippen molar-refractivity contribution in [3.8, 4) is 17.1 Å². The van der Waals surface area contributed by atoms with Gasteiger partial charge in [-0.1, -0.05) is 17.3 Å². The molecule has 2 heterocycles. The summed E-state index contributed by atoms with van der Waals surface area (Å²) in [4.78, 5) is 9.93. The number of hydrogen-bond donors (Lipinski definition) is 1. The van der Waals surface area contributed by atoms with Crippen LogP contribution in [0.5, 0.6) is 5.75 Å². The van der Waals surface area contributed by atoms with E-state index in [1.807, 2.05) is 43.6 Å². The van der Waals surface area contributed by atoms with Gasteiger partial charge in [0.2, 0.25) is 11.7 Å². The summed E-state index contributed by atoms with van der Waals surface area (Å²) >= 11 is 1.64. The van der Waals surface area contributed by atoms with Crippen LogP contribution in [0.4, 0.5) is 0 Å². The zero-order valence-electron chi connectivity index (χ0n) is 13.2. The van der Waals surface area contributed by atoms with Gasteiger partial charge in [0, 0.05) is 17.0 Å². The molecule has 0 spiro atoms. The summed E-state index contributed by atoms with van der Waals surface area (Å²) in [6.07, 6.45) is 0. The number of nitrogens with one attached hydrogen (secondary N) is 1. The standard InChI is InChI=1S/C16H18N4O2S/c1-10-14(23-9-18-10)8-17-11(2)16-19-15(20-22-16)12-5-4-6-13(7-12)21-3/h4-7,9,11,17H,8H2,1-3H3/t11-/m1/s1. The molecule has 1 aromatic carbocycles. The number of rotatable bonds is 6. The molecule has 120 valence electrons. The molecule has 0 radical (unpaired) electrons. The first-order valence-corrected chi connectivity index (χ1v) is 8.15. The maximum absolute atomic E-state index is 5.38. The normalized spacial score (nSPS) is 12.3. The Bertz CT molecular complexity index is 784. The molecule has 6 nitrogen and oxygen atoms in total. The van der Waals surface area contributed by atoms with Crippen LogP contribution in [-0.4, -0.2) is 22.2 Å². The minimum absolute atomic E-state index is 0.0386. The Morgan fingerprint density at radius 1 is 1.39 bits per heavy atom. The summed E-state index contributed by atoms with van der Waals surface area (Å²) in [6.45, 7) is 4.74. The third-order valence-corrected chi connectivity index (χ3v) is 4.49. The Labute approximate surface area is 138 Å². The first-order valence-electron chi connectivity index (χ1n) is 7.27. The summed E-state index contributed by atoms with van der Waals surface area (Å²) in [6, 6.07) is 7.55. The van der Waals surface area contributed by atoms with Crippen LogP contribution in [-0.2, 0) is 6.54 Å². The zero-order chi connectivity index (χ0) is 16.2. The number of methoxy groups -OCH3 is 1. The van der Waals surface area contributed by atoms with Crippen LogP contribution in [0.25, 0.3) is 11.4 Å². The number of nitrogens with zero attached hydrogens (tertiary/aromatic N) is 3. The van der Waals surface area contributed by atoms with Crippen LogP contribution in [0.3, 0.4) is 0 Å². The van der Waals surface area contributed by atoms with E-state index in [4.69, 9.17) is 9.26 Å². The highest BCUT2D eigenvalue weighted by molar-refractivity contribution is 7.09. The number of thiazole rings is 1. The first-order chi connectivity index (χ1) is 11.2. The van der Waals surface area contributed by atoms with Crippen LogP contribution in [0.1, 0.15) is 29.4 Å². The van der Waals surface area contributed by atoms with Gasteiger partial charge in [0.15, 0.2) is 0 Å². The Hall–Kier alpha value is -2.25. The molecule has 3 aromatic rings. The third kappa shape index (κ3) is 3.57. The van der Waals surface area contributed by atoms with Gasteiger partial charge >= 0.3 is 0 Å². The molecule has 0 aliphatic carbocycles. The predicted molar refractivity (Wildman–Crippen MR) is 88.4 cm³/mol. The van der Waals surface area contributed by atoms with Crippen molar-refractivity contribution in [1.29, 1.82) is 0 Å². The summed E-state index contributed by atoms with van der Waals surface area (Å²) in [7, 11) is 1.63. The van der Waals surface area contributed by atoms with Crippen molar-refractivity contribution in [2.75, 3.05) is 7.11 Å². The molecule has 23 heavy (non-hydrogen) atoms. The van der Waals surface area contributed by atoms with Crippen molar-refractivity contribution in [2.45, 2.75) is 26.4 Å². The van der Waals surface area contributed by atoms with E-state index in [2.05, 4.69) is 20.4 Å². The maximum atomic E-state index is 5.38. The first kappa shape index (κ1) is 15.6. The number of ether oxygens (including phenoxy) is 1. The Kier molecular flexibility index (Phi) is 4.68. The lowest BCUT2D eigenvalue weighted by Crippen LogP contribution is -2.18. The second-order valence-electron chi connectivity index (χ2n) is 5.15. The largest absolute Gasteiger partial charge is 0.497 e. The topological polar surface area (TPSA) is 73.1 Å². The molecular formula is C16H18N4O2S. The molecule has 0 amide bonds. The lowest BCUT2D eigenvalue weighted by Gasteiger charge is -2.08. The van der Waals surface area contributed by atoms with Crippen molar-refractivity contribution in [3.05, 3.63) is 46.2 Å². The van der Waals surface area contributed by atoms with Crippen molar-refractivity contribution in [2.24, 2.45) is 0 Å². The Balaban J connectivity index is 1.69. The number of aryl methyl sites for hydroxylation is 1. The molecule has 3 rings (SSSR count). The van der Waals surface area contributed by atoms with Crippen LogP contribution in [0.15, 0.2) is 34.3 Å². The molecule has 1 N–H and O–H groups in total. The molecule has 1 atom stereocenters. The monoisotopic (exact) mass is 330 g/mol. The number of benzene rings is 1. The lowest BCUT2D eigenvalue weighted by molar-refractivity contribution is 0.339. The van der Waals surface area contributed by atoms with Gasteiger partial charge in [-0.2, -0.15) is 4.98 Å². The molecule has 2 aromatic heterocycles. The molecule has 7 heteroatoms. The van der Waals surface area contributed by atoms with Gasteiger partial charge in [-0.15, -0.1) is 11.3 Å². The fraction of sp³-hybridized carbons (Fsp3) is 0.312. The van der Waals surface area contributed by atoms with Crippen LogP contribution in [0, 0.1) is 6.92 Å². The minimum atomic E-state index is -0.0386. The van der Waals surface area contributed by atoms with Crippen LogP contribution >= 0.6 is 11.3 Å². The van der Waals surface area contributed by atoms with Crippen molar-refractivity contribution in [1.82, 2.24) is 20.4 Å². The molecular weight excluding hydrogens is 312 g/mol. The average Bonchev–Trinajstić information content (AvgIpc) is 3.22. The average molecular weight is 330 g/mol. The Morgan fingerprint density at radius 3 is 3.00 bits per heavy atom. The molecule has 0 unspecified atom stereocenters. The van der Waals surface area contributed by atoms with E-state index in [0.717, 1.165) is 23.6 Å². The highest BCUT2D eigenvalue weighted by Gasteiger charge is 2.16. The quantitative estimate of drug-likeness (QED) is 0.747. The second-order valence-corrected chi connectivity index (χ2v) is 6.09. The maximum Gasteiger partial charge on any atom is 0.243 e. The Morgan fingerprint density at radius 2 is 2.26 bits per heavy atom. The van der Waals surface area contributed by atoms with Crippen molar-refractivity contribution >= 4 is 11.3 Å². The zero-order valence-corrected chi connectivity index (χ0v) is 14.1. The lowest BCUT2D eigenvalue weighted by atomic mass is 10.2. The molecule has 0 aliphatic heterocycles. The highest BCUT2D eigenvalue weighted by Crippen LogP contribution is 2.23. The van der Waals surface area contributed by atoms with E-state index in [9.17, 15) is 0 Å². The molecule has 0 aliphatic rings. The molecule has 0 bridgehead atoms. The van der Waals surface area contributed by atoms with Gasteiger partial charge in [-0.25, -0.2) is 4.98 Å². The third-order valence-electron chi connectivity index (χ3n) is 3.55. The summed E-state index contributed by atoms with van der Waals surface area (Å²) in [5.41, 5.74) is 3.77. The predicted octanol–water partition coefficient (Wildman–Crippen LogP) is 3.36. The van der Waals surface area contributed by atoms with Gasteiger partial charge in [0.05, 0.1) is 24.4 Å². The van der Waals surface area contributed by atoms with E-state index in [1.165, 1.54) is 4.88 Å². The van der Waals surface area contributed by atoms with Crippen LogP contribution < -0.4 is 10.1 Å². The van der Waals surface area contributed by atoms with E-state index in [1.54, 1.807) is 18.4 Å². The van der Waals surface area contributed by atoms with Crippen LogP contribution in [0.2, 0.25) is 0 Å². The van der Waals surface area contributed by atoms with Crippen molar-refractivity contribution in [3.63, 3.8) is 0 Å². The fourth-order valence-electron chi connectivity index (χ4n) is 2.12. The summed E-state index contributed by atoms with van der Waals surface area (Å²) < 4.78 is 10.6. The highest BCUT2D eigenvalue weighted by atomic mass is 32.1. The van der Waals surface area contributed by atoms with Gasteiger partial charge in [-0.3, -0.25) is 0 Å². The van der Waals surface area contributed by atoms with Gasteiger partial charge in [-0.05, 0) is 26.0 Å².